The Morgan fingerprint density at radius 2 is 1.19 bits per heavy atom. The van der Waals surface area contributed by atoms with Crippen molar-refractivity contribution in [2.24, 2.45) is 0 Å². The van der Waals surface area contributed by atoms with Gasteiger partial charge in [-0.2, -0.15) is 10.5 Å². The molecule has 0 atom stereocenters. The fourth-order valence-corrected chi connectivity index (χ4v) is 5.98. The first-order valence-corrected chi connectivity index (χ1v) is 16.1. The van der Waals surface area contributed by atoms with Crippen LogP contribution in [0.5, 0.6) is 0 Å². The Kier molecular flexibility index (Phi) is 9.32. The highest BCUT2D eigenvalue weighted by atomic mass is 127. The SMILES string of the molecule is CC1(C)OC(=C(C#N)C#N)C=C1/C=C/c1ccc(/C=C/c2ccc(N(c3ccc(I)cc3)c3ccc(I)cc3)cc2)s1. The zero-order chi connectivity index (χ0) is 29.7. The van der Waals surface area contributed by atoms with E-state index < -0.39 is 5.60 Å². The lowest BCUT2D eigenvalue weighted by atomic mass is 9.99. The molecule has 0 saturated carbocycles. The number of hydrogen-bond donors (Lipinski definition) is 0. The third-order valence-electron chi connectivity index (χ3n) is 6.65. The summed E-state index contributed by atoms with van der Waals surface area (Å²) in [6, 6.07) is 33.7. The maximum Gasteiger partial charge on any atom is 0.171 e. The van der Waals surface area contributed by atoms with E-state index >= 15 is 0 Å². The van der Waals surface area contributed by atoms with Crippen molar-refractivity contribution in [2.45, 2.75) is 19.4 Å². The molecular weight excluding hydrogens is 764 g/mol. The third-order valence-corrected chi connectivity index (χ3v) is 9.11. The highest BCUT2D eigenvalue weighted by Gasteiger charge is 2.32. The fraction of sp³-hybridized carbons (Fsp3) is 0.0857. The van der Waals surface area contributed by atoms with E-state index in [1.807, 2.05) is 38.1 Å². The fourth-order valence-electron chi connectivity index (χ4n) is 4.45. The van der Waals surface area contributed by atoms with Crippen LogP contribution in [0.3, 0.4) is 0 Å². The second-order valence-electron chi connectivity index (χ2n) is 9.96. The summed E-state index contributed by atoms with van der Waals surface area (Å²) in [7, 11) is 0. The standard InChI is InChI=1S/C35H25I2N3OS/c1-35(2)26(21-34(41-35)25(22-38)23-39)6-18-33-20-19-32(42-33)17-5-24-3-11-29(12-4-24)40(30-13-7-27(36)8-14-30)31-15-9-28(37)10-16-31/h3-21H,1-2H3/b17-5+,18-6+. The minimum Gasteiger partial charge on any atom is -0.481 e. The number of hydrogen-bond acceptors (Lipinski definition) is 5. The molecule has 0 unspecified atom stereocenters. The van der Waals surface area contributed by atoms with E-state index in [1.54, 1.807) is 17.4 Å². The van der Waals surface area contributed by atoms with Gasteiger partial charge in [-0.05, 0) is 161 Å². The molecule has 0 aliphatic carbocycles. The molecule has 0 saturated heterocycles. The molecule has 0 N–H and O–H groups in total. The van der Waals surface area contributed by atoms with Crippen LogP contribution < -0.4 is 4.90 Å². The quantitative estimate of drug-likeness (QED) is 0.138. The molecule has 206 valence electrons. The van der Waals surface area contributed by atoms with Gasteiger partial charge in [-0.25, -0.2) is 0 Å². The molecule has 1 aromatic heterocycles. The first kappa shape index (κ1) is 29.8. The van der Waals surface area contributed by atoms with Crippen molar-refractivity contribution >= 4 is 91.8 Å². The predicted octanol–water partition coefficient (Wildman–Crippen LogP) is 10.6. The van der Waals surface area contributed by atoms with Crippen LogP contribution in [0.2, 0.25) is 0 Å². The van der Waals surface area contributed by atoms with Gasteiger partial charge in [-0.15, -0.1) is 11.3 Å². The Hall–Kier alpha value is -3.64. The van der Waals surface area contributed by atoms with E-state index in [-0.39, 0.29) is 5.57 Å². The normalized spacial score (nSPS) is 14.0. The first-order chi connectivity index (χ1) is 20.3. The minimum absolute atomic E-state index is 0.0134. The number of rotatable bonds is 7. The van der Waals surface area contributed by atoms with Crippen LogP contribution in [-0.2, 0) is 4.74 Å². The van der Waals surface area contributed by atoms with Crippen LogP contribution in [0.1, 0.15) is 29.2 Å². The molecule has 1 aliphatic heterocycles. The number of thiophene rings is 1. The van der Waals surface area contributed by atoms with Gasteiger partial charge in [0.05, 0.1) is 0 Å². The summed E-state index contributed by atoms with van der Waals surface area (Å²) >= 11 is 6.36. The van der Waals surface area contributed by atoms with Crippen molar-refractivity contribution in [3.8, 4) is 12.1 Å². The van der Waals surface area contributed by atoms with Gasteiger partial charge in [0.1, 0.15) is 23.5 Å². The summed E-state index contributed by atoms with van der Waals surface area (Å²) in [5.41, 5.74) is 4.74. The topological polar surface area (TPSA) is 60.0 Å². The molecule has 42 heavy (non-hydrogen) atoms. The molecular formula is C35H25I2N3OS. The highest BCUT2D eigenvalue weighted by molar-refractivity contribution is 14.1. The highest BCUT2D eigenvalue weighted by Crippen LogP contribution is 2.37. The van der Waals surface area contributed by atoms with E-state index in [2.05, 4.69) is 147 Å². The molecule has 5 rings (SSSR count). The molecule has 2 heterocycles. The monoisotopic (exact) mass is 789 g/mol. The van der Waals surface area contributed by atoms with Crippen LogP contribution in [0.15, 0.2) is 114 Å². The Bertz CT molecular complexity index is 1740. The molecule has 0 radical (unpaired) electrons. The summed E-state index contributed by atoms with van der Waals surface area (Å²) < 4.78 is 8.26. The lowest BCUT2D eigenvalue weighted by Gasteiger charge is -2.25. The molecule has 0 amide bonds. The number of anilines is 3. The van der Waals surface area contributed by atoms with E-state index in [1.165, 1.54) is 7.14 Å². The number of halogens is 2. The molecule has 0 bridgehead atoms. The van der Waals surface area contributed by atoms with Crippen LogP contribution in [0.4, 0.5) is 17.1 Å². The van der Waals surface area contributed by atoms with E-state index in [0.717, 1.165) is 38.0 Å². The molecule has 0 spiro atoms. The minimum atomic E-state index is -0.606. The van der Waals surface area contributed by atoms with Crippen molar-refractivity contribution in [1.82, 2.24) is 0 Å². The summed E-state index contributed by atoms with van der Waals surface area (Å²) in [4.78, 5) is 4.51. The first-order valence-electron chi connectivity index (χ1n) is 13.1. The average molecular weight is 789 g/mol. The van der Waals surface area contributed by atoms with Gasteiger partial charge in [-0.1, -0.05) is 24.3 Å². The van der Waals surface area contributed by atoms with Gasteiger partial charge in [0, 0.05) is 34.0 Å². The Labute approximate surface area is 277 Å². The van der Waals surface area contributed by atoms with Crippen LogP contribution in [0, 0.1) is 29.8 Å². The third kappa shape index (κ3) is 7.04. The summed E-state index contributed by atoms with van der Waals surface area (Å²) in [6.45, 7) is 3.85. The zero-order valence-electron chi connectivity index (χ0n) is 22.9. The van der Waals surface area contributed by atoms with Crippen LogP contribution in [0.25, 0.3) is 18.2 Å². The second-order valence-corrected chi connectivity index (χ2v) is 13.6. The lowest BCUT2D eigenvalue weighted by Crippen LogP contribution is -2.20. The van der Waals surface area contributed by atoms with Crippen molar-refractivity contribution in [3.63, 3.8) is 0 Å². The molecule has 4 aromatic rings. The smallest absolute Gasteiger partial charge is 0.171 e. The molecule has 7 heteroatoms. The maximum absolute atomic E-state index is 9.17. The largest absolute Gasteiger partial charge is 0.481 e. The van der Waals surface area contributed by atoms with Crippen molar-refractivity contribution in [2.75, 3.05) is 4.90 Å². The van der Waals surface area contributed by atoms with Gasteiger partial charge in [0.2, 0.25) is 0 Å². The van der Waals surface area contributed by atoms with Crippen LogP contribution >= 0.6 is 56.5 Å². The average Bonchev–Trinajstić information content (AvgIpc) is 3.57. The Morgan fingerprint density at radius 3 is 1.69 bits per heavy atom. The van der Waals surface area contributed by atoms with Gasteiger partial charge in [-0.3, -0.25) is 0 Å². The lowest BCUT2D eigenvalue weighted by molar-refractivity contribution is 0.0959. The number of nitrogens with zero attached hydrogens (tertiary/aromatic N) is 3. The van der Waals surface area contributed by atoms with Gasteiger partial charge >= 0.3 is 0 Å². The van der Waals surface area contributed by atoms with Crippen molar-refractivity contribution < 1.29 is 4.74 Å². The number of allylic oxidation sites excluding steroid dienone is 2. The summed E-state index contributed by atoms with van der Waals surface area (Å²) in [6.07, 6.45) is 10.1. The van der Waals surface area contributed by atoms with Gasteiger partial charge in [0.25, 0.3) is 0 Å². The Morgan fingerprint density at radius 1 is 0.714 bits per heavy atom. The van der Waals surface area contributed by atoms with Gasteiger partial charge < -0.3 is 9.64 Å². The summed E-state index contributed by atoms with van der Waals surface area (Å²) in [5, 5.41) is 18.3. The van der Waals surface area contributed by atoms with E-state index in [0.29, 0.717) is 5.76 Å². The number of nitriles is 2. The maximum atomic E-state index is 9.17. The van der Waals surface area contributed by atoms with Crippen molar-refractivity contribution in [3.05, 3.63) is 136 Å². The van der Waals surface area contributed by atoms with E-state index in [4.69, 9.17) is 4.74 Å². The van der Waals surface area contributed by atoms with Crippen LogP contribution in [-0.4, -0.2) is 5.60 Å². The second kappa shape index (κ2) is 13.1. The number of ether oxygens (including phenoxy) is 1. The predicted molar refractivity (Wildman–Crippen MR) is 190 cm³/mol. The van der Waals surface area contributed by atoms with Crippen molar-refractivity contribution in [1.29, 1.82) is 10.5 Å². The molecule has 3 aromatic carbocycles. The molecule has 1 aliphatic rings. The summed E-state index contributed by atoms with van der Waals surface area (Å²) in [5.74, 6) is 0.325. The Balaban J connectivity index is 1.32. The molecule has 4 nitrogen and oxygen atoms in total. The zero-order valence-corrected chi connectivity index (χ0v) is 28.0. The molecule has 0 fully saturated rings. The van der Waals surface area contributed by atoms with Gasteiger partial charge in [0.15, 0.2) is 5.57 Å². The van der Waals surface area contributed by atoms with E-state index in [9.17, 15) is 10.5 Å². The number of benzene rings is 3.